The number of benzene rings is 4. The molecule has 4 aromatic rings. The highest BCUT2D eigenvalue weighted by atomic mass is 35.5. The van der Waals surface area contributed by atoms with Gasteiger partial charge in [0.25, 0.3) is 15.9 Å². The zero-order valence-corrected chi connectivity index (χ0v) is 23.2. The summed E-state index contributed by atoms with van der Waals surface area (Å²) in [5.41, 5.74) is 1.48. The average Bonchev–Trinajstić information content (AvgIpc) is 2.93. The quantitative estimate of drug-likeness (QED) is 0.242. The van der Waals surface area contributed by atoms with Crippen molar-refractivity contribution in [2.45, 2.75) is 17.9 Å². The SMILES string of the molecule is C[C@H](NC(=O)c1ccccc1NC(=O)CN(c1ccc(Cl)cc1Cl)S(=O)(=O)c1ccccc1)c1ccccc1. The van der Waals surface area contributed by atoms with Crippen LogP contribution in [0.1, 0.15) is 28.9 Å². The van der Waals surface area contributed by atoms with Crippen molar-refractivity contribution in [3.63, 3.8) is 0 Å². The molecule has 0 saturated carbocycles. The van der Waals surface area contributed by atoms with Gasteiger partial charge in [0.05, 0.1) is 32.9 Å². The number of rotatable bonds is 9. The van der Waals surface area contributed by atoms with E-state index in [1.54, 1.807) is 42.5 Å². The maximum absolute atomic E-state index is 13.6. The number of amides is 2. The van der Waals surface area contributed by atoms with Crippen LogP contribution in [-0.2, 0) is 14.8 Å². The zero-order valence-electron chi connectivity index (χ0n) is 20.8. The number of anilines is 2. The molecule has 0 aliphatic heterocycles. The molecular formula is C29H25Cl2N3O4S. The van der Waals surface area contributed by atoms with Crippen molar-refractivity contribution in [1.82, 2.24) is 5.32 Å². The second-order valence-electron chi connectivity index (χ2n) is 8.62. The number of carbonyl (C=O) groups is 2. The summed E-state index contributed by atoms with van der Waals surface area (Å²) in [6, 6.07) is 27.7. The first-order valence-electron chi connectivity index (χ1n) is 11.9. The third-order valence-corrected chi connectivity index (χ3v) is 8.20. The minimum absolute atomic E-state index is 0.0153. The summed E-state index contributed by atoms with van der Waals surface area (Å²) in [6.45, 7) is 1.26. The first-order chi connectivity index (χ1) is 18.7. The molecule has 2 amide bonds. The molecule has 200 valence electrons. The minimum Gasteiger partial charge on any atom is -0.345 e. The van der Waals surface area contributed by atoms with E-state index in [-0.39, 0.29) is 32.9 Å². The number of halogens is 2. The van der Waals surface area contributed by atoms with Crippen LogP contribution in [0.5, 0.6) is 0 Å². The molecule has 0 aliphatic rings. The van der Waals surface area contributed by atoms with Crippen LogP contribution in [-0.4, -0.2) is 26.8 Å². The summed E-state index contributed by atoms with van der Waals surface area (Å²) < 4.78 is 28.1. The van der Waals surface area contributed by atoms with E-state index in [4.69, 9.17) is 23.2 Å². The molecule has 0 aromatic heterocycles. The van der Waals surface area contributed by atoms with Crippen LogP contribution in [0.3, 0.4) is 0 Å². The van der Waals surface area contributed by atoms with E-state index in [9.17, 15) is 18.0 Å². The minimum atomic E-state index is -4.18. The van der Waals surface area contributed by atoms with Crippen molar-refractivity contribution in [3.05, 3.63) is 124 Å². The van der Waals surface area contributed by atoms with E-state index in [2.05, 4.69) is 10.6 Å². The summed E-state index contributed by atoms with van der Waals surface area (Å²) in [5.74, 6) is -1.06. The van der Waals surface area contributed by atoms with Crippen LogP contribution in [0, 0.1) is 0 Å². The predicted octanol–water partition coefficient (Wildman–Crippen LogP) is 6.32. The molecule has 39 heavy (non-hydrogen) atoms. The fraction of sp³-hybridized carbons (Fsp3) is 0.103. The number of carbonyl (C=O) groups excluding carboxylic acids is 2. The van der Waals surface area contributed by atoms with E-state index >= 15 is 0 Å². The topological polar surface area (TPSA) is 95.6 Å². The first kappa shape index (κ1) is 28.2. The molecule has 4 aromatic carbocycles. The van der Waals surface area contributed by atoms with Crippen molar-refractivity contribution in [2.24, 2.45) is 0 Å². The van der Waals surface area contributed by atoms with Gasteiger partial charge in [0.2, 0.25) is 5.91 Å². The van der Waals surface area contributed by atoms with Gasteiger partial charge in [-0.1, -0.05) is 83.9 Å². The van der Waals surface area contributed by atoms with Gasteiger partial charge in [-0.2, -0.15) is 0 Å². The average molecular weight is 583 g/mol. The third-order valence-electron chi connectivity index (χ3n) is 5.89. The second-order valence-corrected chi connectivity index (χ2v) is 11.3. The summed E-state index contributed by atoms with van der Waals surface area (Å²) in [5, 5.41) is 5.98. The molecular weight excluding hydrogens is 557 g/mol. The normalized spacial score (nSPS) is 11.9. The number of nitrogens with zero attached hydrogens (tertiary/aromatic N) is 1. The van der Waals surface area contributed by atoms with E-state index < -0.39 is 28.4 Å². The fourth-order valence-corrected chi connectivity index (χ4v) is 5.93. The molecule has 10 heteroatoms. The Kier molecular flexibility index (Phi) is 8.91. The van der Waals surface area contributed by atoms with Crippen LogP contribution in [0.15, 0.2) is 108 Å². The molecule has 2 N–H and O–H groups in total. The molecule has 0 heterocycles. The molecule has 4 rings (SSSR count). The molecule has 1 atom stereocenters. The monoisotopic (exact) mass is 581 g/mol. The van der Waals surface area contributed by atoms with Gasteiger partial charge in [-0.15, -0.1) is 0 Å². The highest BCUT2D eigenvalue weighted by molar-refractivity contribution is 7.92. The van der Waals surface area contributed by atoms with E-state index in [1.807, 2.05) is 37.3 Å². The fourth-order valence-electron chi connectivity index (χ4n) is 3.91. The Hall–Kier alpha value is -3.85. The lowest BCUT2D eigenvalue weighted by molar-refractivity contribution is -0.114. The van der Waals surface area contributed by atoms with Gasteiger partial charge >= 0.3 is 0 Å². The highest BCUT2D eigenvalue weighted by Crippen LogP contribution is 2.32. The van der Waals surface area contributed by atoms with Crippen molar-refractivity contribution < 1.29 is 18.0 Å². The van der Waals surface area contributed by atoms with Gasteiger partial charge in [-0.25, -0.2) is 8.42 Å². The highest BCUT2D eigenvalue weighted by Gasteiger charge is 2.29. The van der Waals surface area contributed by atoms with Crippen molar-refractivity contribution in [3.8, 4) is 0 Å². The summed E-state index contributed by atoms with van der Waals surface area (Å²) in [4.78, 5) is 26.3. The molecule has 7 nitrogen and oxygen atoms in total. The summed E-state index contributed by atoms with van der Waals surface area (Å²) in [6.07, 6.45) is 0. The summed E-state index contributed by atoms with van der Waals surface area (Å²) >= 11 is 12.4. The number of hydrogen-bond acceptors (Lipinski definition) is 4. The van der Waals surface area contributed by atoms with Gasteiger partial charge in [-0.05, 0) is 55.0 Å². The number of para-hydroxylation sites is 1. The lowest BCUT2D eigenvalue weighted by Crippen LogP contribution is -2.38. The molecule has 0 radical (unpaired) electrons. The zero-order chi connectivity index (χ0) is 28.0. The Morgan fingerprint density at radius 1 is 0.846 bits per heavy atom. The standard InChI is InChI=1S/C29H25Cl2N3O4S/c1-20(21-10-4-2-5-11-21)32-29(36)24-14-8-9-15-26(24)33-28(35)19-34(27-17-16-22(30)18-25(27)31)39(37,38)23-12-6-3-7-13-23/h2-18,20H,19H2,1H3,(H,32,36)(H,33,35)/t20-/m0/s1. The molecule has 0 bridgehead atoms. The maximum atomic E-state index is 13.6. The summed E-state index contributed by atoms with van der Waals surface area (Å²) in [7, 11) is -4.18. The second kappa shape index (κ2) is 12.3. The number of hydrogen-bond donors (Lipinski definition) is 2. The van der Waals surface area contributed by atoms with E-state index in [0.29, 0.717) is 5.02 Å². The van der Waals surface area contributed by atoms with Crippen LogP contribution < -0.4 is 14.9 Å². The van der Waals surface area contributed by atoms with Crippen molar-refractivity contribution in [1.29, 1.82) is 0 Å². The number of sulfonamides is 1. The van der Waals surface area contributed by atoms with Crippen LogP contribution in [0.25, 0.3) is 0 Å². The molecule has 0 unspecified atom stereocenters. The lowest BCUT2D eigenvalue weighted by Gasteiger charge is -2.25. The Balaban J connectivity index is 1.60. The smallest absolute Gasteiger partial charge is 0.264 e. The van der Waals surface area contributed by atoms with Gasteiger partial charge in [0.15, 0.2) is 0 Å². The van der Waals surface area contributed by atoms with Gasteiger partial charge in [0.1, 0.15) is 6.54 Å². The number of nitrogens with one attached hydrogen (secondary N) is 2. The Morgan fingerprint density at radius 3 is 2.13 bits per heavy atom. The van der Waals surface area contributed by atoms with Crippen LogP contribution in [0.4, 0.5) is 11.4 Å². The third kappa shape index (κ3) is 6.78. The van der Waals surface area contributed by atoms with Gasteiger partial charge in [-0.3, -0.25) is 13.9 Å². The van der Waals surface area contributed by atoms with Crippen molar-refractivity contribution >= 4 is 56.4 Å². The Morgan fingerprint density at radius 2 is 1.46 bits per heavy atom. The van der Waals surface area contributed by atoms with Crippen molar-refractivity contribution in [2.75, 3.05) is 16.2 Å². The molecule has 0 spiro atoms. The first-order valence-corrected chi connectivity index (χ1v) is 14.1. The molecule has 0 fully saturated rings. The molecule has 0 saturated heterocycles. The lowest BCUT2D eigenvalue weighted by atomic mass is 10.1. The van der Waals surface area contributed by atoms with Crippen LogP contribution >= 0.6 is 23.2 Å². The van der Waals surface area contributed by atoms with Gasteiger partial charge in [0, 0.05) is 5.02 Å². The van der Waals surface area contributed by atoms with Crippen LogP contribution in [0.2, 0.25) is 10.0 Å². The van der Waals surface area contributed by atoms with E-state index in [1.165, 1.54) is 30.3 Å². The Bertz CT molecular complexity index is 1580. The molecule has 0 aliphatic carbocycles. The maximum Gasteiger partial charge on any atom is 0.264 e. The largest absolute Gasteiger partial charge is 0.345 e. The predicted molar refractivity (Wildman–Crippen MR) is 155 cm³/mol. The Labute approximate surface area is 237 Å². The van der Waals surface area contributed by atoms with Gasteiger partial charge < -0.3 is 10.6 Å². The van der Waals surface area contributed by atoms with E-state index in [0.717, 1.165) is 9.87 Å².